The van der Waals surface area contributed by atoms with E-state index in [0.717, 1.165) is 5.39 Å². The van der Waals surface area contributed by atoms with Crippen LogP contribution in [0.1, 0.15) is 10.4 Å². The zero-order valence-electron chi connectivity index (χ0n) is 7.07. The summed E-state index contributed by atoms with van der Waals surface area (Å²) >= 11 is 5.78. The number of nitrogens with zero attached hydrogens (tertiary/aromatic N) is 1. The molecule has 1 N–H and O–H groups in total. The van der Waals surface area contributed by atoms with Crippen molar-refractivity contribution in [3.05, 3.63) is 41.0 Å². The Bertz CT molecular complexity index is 510. The number of aromatic nitrogens is 1. The lowest BCUT2D eigenvalue weighted by atomic mass is 10.1. The molecule has 14 heavy (non-hydrogen) atoms. The highest BCUT2D eigenvalue weighted by Gasteiger charge is 2.10. The zero-order chi connectivity index (χ0) is 10.1. The maximum absolute atomic E-state index is 10.9. The average molecular weight is 208 g/mol. The van der Waals surface area contributed by atoms with Crippen LogP contribution in [-0.4, -0.2) is 16.1 Å². The van der Waals surface area contributed by atoms with Crippen molar-refractivity contribution in [1.29, 1.82) is 0 Å². The summed E-state index contributed by atoms with van der Waals surface area (Å²) in [6.45, 7) is 0. The summed E-state index contributed by atoms with van der Waals surface area (Å²) in [5, 5.41) is 10.0. The minimum atomic E-state index is -1.02. The first-order chi connectivity index (χ1) is 6.68. The van der Waals surface area contributed by atoms with E-state index in [1.807, 2.05) is 0 Å². The number of carbonyl (C=O) groups is 1. The van der Waals surface area contributed by atoms with Gasteiger partial charge in [-0.15, -0.1) is 0 Å². The van der Waals surface area contributed by atoms with E-state index in [1.54, 1.807) is 24.4 Å². The molecular formula is C10H6ClNO2. The number of hydrogen-bond acceptors (Lipinski definition) is 2. The first-order valence-electron chi connectivity index (χ1n) is 3.96. The summed E-state index contributed by atoms with van der Waals surface area (Å²) in [4.78, 5) is 14.9. The second-order valence-corrected chi connectivity index (χ2v) is 3.27. The van der Waals surface area contributed by atoms with E-state index in [2.05, 4.69) is 4.98 Å². The Morgan fingerprint density at radius 1 is 1.43 bits per heavy atom. The normalized spacial score (nSPS) is 10.4. The van der Waals surface area contributed by atoms with Crippen molar-refractivity contribution in [2.75, 3.05) is 0 Å². The fourth-order valence-corrected chi connectivity index (χ4v) is 1.55. The van der Waals surface area contributed by atoms with Crippen molar-refractivity contribution in [2.24, 2.45) is 0 Å². The highest BCUT2D eigenvalue weighted by molar-refractivity contribution is 6.32. The van der Waals surface area contributed by atoms with Gasteiger partial charge in [0.25, 0.3) is 0 Å². The van der Waals surface area contributed by atoms with Crippen LogP contribution in [0.15, 0.2) is 30.5 Å². The first-order valence-corrected chi connectivity index (χ1v) is 4.34. The standard InChI is InChI=1S/C10H6ClNO2/c11-7-4-6-2-1-3-12-9(6)8(5-7)10(13)14/h1-5H,(H,13,14). The third-order valence-corrected chi connectivity index (χ3v) is 2.12. The third-order valence-electron chi connectivity index (χ3n) is 1.90. The molecule has 0 unspecified atom stereocenters. The quantitative estimate of drug-likeness (QED) is 0.782. The number of rotatable bonds is 1. The van der Waals surface area contributed by atoms with Gasteiger partial charge < -0.3 is 5.11 Å². The van der Waals surface area contributed by atoms with Gasteiger partial charge in [-0.25, -0.2) is 4.79 Å². The molecule has 0 aliphatic carbocycles. The first kappa shape index (κ1) is 8.97. The molecule has 0 bridgehead atoms. The lowest BCUT2D eigenvalue weighted by Gasteiger charge is -2.01. The molecule has 0 amide bonds. The van der Waals surface area contributed by atoms with Gasteiger partial charge in [0.2, 0.25) is 0 Å². The van der Waals surface area contributed by atoms with E-state index >= 15 is 0 Å². The van der Waals surface area contributed by atoms with Crippen molar-refractivity contribution in [2.45, 2.75) is 0 Å². The molecule has 2 aromatic rings. The third kappa shape index (κ3) is 1.42. The number of halogens is 1. The van der Waals surface area contributed by atoms with Crippen LogP contribution in [0, 0.1) is 0 Å². The minimum Gasteiger partial charge on any atom is -0.478 e. The van der Waals surface area contributed by atoms with E-state index in [-0.39, 0.29) is 5.56 Å². The number of benzene rings is 1. The van der Waals surface area contributed by atoms with Gasteiger partial charge >= 0.3 is 5.97 Å². The van der Waals surface area contributed by atoms with E-state index in [4.69, 9.17) is 16.7 Å². The Morgan fingerprint density at radius 2 is 2.21 bits per heavy atom. The van der Waals surface area contributed by atoms with Crippen LogP contribution in [0.5, 0.6) is 0 Å². The molecule has 1 aromatic carbocycles. The molecule has 0 saturated heterocycles. The highest BCUT2D eigenvalue weighted by atomic mass is 35.5. The van der Waals surface area contributed by atoms with Gasteiger partial charge in [0, 0.05) is 16.6 Å². The van der Waals surface area contributed by atoms with Crippen molar-refractivity contribution >= 4 is 28.5 Å². The number of hydrogen-bond donors (Lipinski definition) is 1. The van der Waals surface area contributed by atoms with Gasteiger partial charge in [-0.1, -0.05) is 17.7 Å². The number of fused-ring (bicyclic) bond motifs is 1. The molecule has 1 aromatic heterocycles. The smallest absolute Gasteiger partial charge is 0.337 e. The molecule has 0 radical (unpaired) electrons. The van der Waals surface area contributed by atoms with Crippen LogP contribution < -0.4 is 0 Å². The lowest BCUT2D eigenvalue weighted by Crippen LogP contribution is -1.98. The van der Waals surface area contributed by atoms with Gasteiger partial charge in [-0.2, -0.15) is 0 Å². The maximum Gasteiger partial charge on any atom is 0.337 e. The summed E-state index contributed by atoms with van der Waals surface area (Å²) in [5.74, 6) is -1.02. The van der Waals surface area contributed by atoms with Crippen molar-refractivity contribution in [3.8, 4) is 0 Å². The van der Waals surface area contributed by atoms with E-state index in [1.165, 1.54) is 6.07 Å². The predicted molar refractivity (Wildman–Crippen MR) is 53.7 cm³/mol. The van der Waals surface area contributed by atoms with Gasteiger partial charge in [0.15, 0.2) is 0 Å². The van der Waals surface area contributed by atoms with Gasteiger partial charge in [-0.05, 0) is 18.2 Å². The van der Waals surface area contributed by atoms with Crippen LogP contribution in [0.2, 0.25) is 5.02 Å². The number of pyridine rings is 1. The van der Waals surface area contributed by atoms with Crippen LogP contribution >= 0.6 is 11.6 Å². The van der Waals surface area contributed by atoms with Crippen LogP contribution in [0.4, 0.5) is 0 Å². The van der Waals surface area contributed by atoms with Crippen LogP contribution in [0.3, 0.4) is 0 Å². The van der Waals surface area contributed by atoms with Gasteiger partial charge in [0.1, 0.15) is 0 Å². The summed E-state index contributed by atoms with van der Waals surface area (Å²) in [6.07, 6.45) is 1.56. The Kier molecular flexibility index (Phi) is 2.09. The molecule has 0 saturated carbocycles. The molecule has 3 nitrogen and oxygen atoms in total. The molecule has 0 atom stereocenters. The predicted octanol–water partition coefficient (Wildman–Crippen LogP) is 2.59. The Morgan fingerprint density at radius 3 is 2.93 bits per heavy atom. The lowest BCUT2D eigenvalue weighted by molar-refractivity contribution is 0.0699. The number of carboxylic acids is 1. The zero-order valence-corrected chi connectivity index (χ0v) is 7.82. The Labute approximate surface area is 85.0 Å². The van der Waals surface area contributed by atoms with E-state index in [9.17, 15) is 4.79 Å². The number of carboxylic acid groups (broad SMARTS) is 1. The summed E-state index contributed by atoms with van der Waals surface area (Å²) < 4.78 is 0. The molecule has 0 aliphatic heterocycles. The molecule has 0 aliphatic rings. The summed E-state index contributed by atoms with van der Waals surface area (Å²) in [7, 11) is 0. The Hall–Kier alpha value is -1.61. The van der Waals surface area contributed by atoms with Crippen LogP contribution in [-0.2, 0) is 0 Å². The largest absolute Gasteiger partial charge is 0.478 e. The van der Waals surface area contributed by atoms with Gasteiger partial charge in [0.05, 0.1) is 11.1 Å². The highest BCUT2D eigenvalue weighted by Crippen LogP contribution is 2.21. The molecule has 4 heteroatoms. The van der Waals surface area contributed by atoms with Crippen LogP contribution in [0.25, 0.3) is 10.9 Å². The molecular weight excluding hydrogens is 202 g/mol. The van der Waals surface area contributed by atoms with E-state index in [0.29, 0.717) is 10.5 Å². The number of aromatic carboxylic acids is 1. The van der Waals surface area contributed by atoms with Crippen molar-refractivity contribution < 1.29 is 9.90 Å². The van der Waals surface area contributed by atoms with Gasteiger partial charge in [-0.3, -0.25) is 4.98 Å². The molecule has 0 fully saturated rings. The SMILES string of the molecule is O=C(O)c1cc(Cl)cc2cccnc12. The molecule has 70 valence electrons. The minimum absolute atomic E-state index is 0.133. The fraction of sp³-hybridized carbons (Fsp3) is 0. The van der Waals surface area contributed by atoms with Crippen molar-refractivity contribution in [3.63, 3.8) is 0 Å². The maximum atomic E-state index is 10.9. The van der Waals surface area contributed by atoms with Crippen molar-refractivity contribution in [1.82, 2.24) is 4.98 Å². The second kappa shape index (κ2) is 3.27. The molecule has 0 spiro atoms. The summed E-state index contributed by atoms with van der Waals surface area (Å²) in [5.41, 5.74) is 0.595. The topological polar surface area (TPSA) is 50.2 Å². The summed E-state index contributed by atoms with van der Waals surface area (Å²) in [6, 6.07) is 6.61. The second-order valence-electron chi connectivity index (χ2n) is 2.83. The molecule has 1 heterocycles. The molecule has 2 rings (SSSR count). The Balaban J connectivity index is 2.87. The fourth-order valence-electron chi connectivity index (χ4n) is 1.32. The average Bonchev–Trinajstić information content (AvgIpc) is 2.16. The van der Waals surface area contributed by atoms with E-state index < -0.39 is 5.97 Å². The monoisotopic (exact) mass is 207 g/mol.